The van der Waals surface area contributed by atoms with Crippen molar-refractivity contribution in [1.29, 1.82) is 0 Å². The number of hydrogen-bond donors (Lipinski definition) is 1. The first-order chi connectivity index (χ1) is 11.1. The van der Waals surface area contributed by atoms with E-state index in [0.717, 1.165) is 25.3 Å². The zero-order valence-electron chi connectivity index (χ0n) is 15.9. The third-order valence-corrected chi connectivity index (χ3v) is 3.77. The number of aryl methyl sites for hydroxylation is 1. The summed E-state index contributed by atoms with van der Waals surface area (Å²) in [6.07, 6.45) is 14.4. The number of hydrogen-bond acceptors (Lipinski definition) is 2. The Morgan fingerprint density at radius 3 is 1.79 bits per heavy atom. The smallest absolute Gasteiger partial charge is 0.872 e. The van der Waals surface area contributed by atoms with Crippen molar-refractivity contribution in [2.45, 2.75) is 84.5 Å². The number of unbranched alkanes of at least 4 members (excludes halogenated alkanes) is 9. The molecular formula is C20H33KO3. The molecule has 132 valence electrons. The van der Waals surface area contributed by atoms with Gasteiger partial charge in [-0.3, -0.25) is 4.79 Å². The van der Waals surface area contributed by atoms with Crippen LogP contribution in [0.25, 0.3) is 0 Å². The van der Waals surface area contributed by atoms with E-state index in [0.29, 0.717) is 0 Å². The summed E-state index contributed by atoms with van der Waals surface area (Å²) in [4.78, 5) is 9.00. The molecular weight excluding hydrogens is 327 g/mol. The van der Waals surface area contributed by atoms with Crippen molar-refractivity contribution in [1.82, 2.24) is 0 Å². The fraction of sp³-hybridized carbons (Fsp3) is 0.650. The Balaban J connectivity index is 0. The van der Waals surface area contributed by atoms with Crippen LogP contribution < -0.4 is 56.5 Å². The van der Waals surface area contributed by atoms with Gasteiger partial charge >= 0.3 is 51.4 Å². The Morgan fingerprint density at radius 1 is 0.917 bits per heavy atom. The predicted molar refractivity (Wildman–Crippen MR) is 94.7 cm³/mol. The van der Waals surface area contributed by atoms with E-state index in [2.05, 4.69) is 6.92 Å². The second-order valence-electron chi connectivity index (χ2n) is 6.06. The van der Waals surface area contributed by atoms with Crippen molar-refractivity contribution in [3.05, 3.63) is 29.8 Å². The van der Waals surface area contributed by atoms with Gasteiger partial charge in [0, 0.05) is 6.92 Å². The third kappa shape index (κ3) is 18.5. The molecule has 1 aromatic carbocycles. The molecule has 0 bridgehead atoms. The summed E-state index contributed by atoms with van der Waals surface area (Å²) in [6, 6.07) is 7.43. The van der Waals surface area contributed by atoms with Gasteiger partial charge in [-0.1, -0.05) is 94.5 Å². The van der Waals surface area contributed by atoms with Crippen LogP contribution in [0.15, 0.2) is 24.3 Å². The first kappa shape index (κ1) is 26.4. The maximum Gasteiger partial charge on any atom is 1.00 e. The normalized spacial score (nSPS) is 9.58. The summed E-state index contributed by atoms with van der Waals surface area (Å²) in [6.45, 7) is 3.35. The Morgan fingerprint density at radius 2 is 1.33 bits per heavy atom. The molecule has 1 rings (SSSR count). The SMILES string of the molecule is CC(=O)O.CCCCCCCCCCCCc1ccccc1[O-].[K+]. The molecule has 0 amide bonds. The van der Waals surface area contributed by atoms with E-state index in [1.54, 1.807) is 6.07 Å². The van der Waals surface area contributed by atoms with Crippen LogP contribution in [0.5, 0.6) is 5.75 Å². The van der Waals surface area contributed by atoms with Gasteiger partial charge in [0.15, 0.2) is 0 Å². The standard InChI is InChI=1S/C18H30O.C2H4O2.K/c1-2-3-4-5-6-7-8-9-10-11-14-17-15-12-13-16-18(17)19;1-2(3)4;/h12-13,15-16,19H,2-11,14H2,1H3;1H3,(H,3,4);/q;;+1/p-1. The number of para-hydroxylation sites is 1. The van der Waals surface area contributed by atoms with Crippen LogP contribution in [0.1, 0.15) is 83.6 Å². The Hall–Kier alpha value is 0.126. The minimum atomic E-state index is -0.833. The summed E-state index contributed by atoms with van der Waals surface area (Å²) in [5.41, 5.74) is 0.988. The second kappa shape index (κ2) is 19.5. The van der Waals surface area contributed by atoms with Gasteiger partial charge in [0.05, 0.1) is 0 Å². The maximum atomic E-state index is 11.5. The second-order valence-corrected chi connectivity index (χ2v) is 6.06. The summed E-state index contributed by atoms with van der Waals surface area (Å²) in [7, 11) is 0. The maximum absolute atomic E-state index is 11.5. The van der Waals surface area contributed by atoms with Crippen molar-refractivity contribution in [3.8, 4) is 5.75 Å². The summed E-state index contributed by atoms with van der Waals surface area (Å²) in [5.74, 6) is -0.626. The summed E-state index contributed by atoms with van der Waals surface area (Å²) < 4.78 is 0. The minimum Gasteiger partial charge on any atom is -0.872 e. The number of carboxylic acids is 1. The zero-order chi connectivity index (χ0) is 17.3. The Kier molecular flexibility index (Phi) is 21.4. The Labute approximate surface area is 190 Å². The van der Waals surface area contributed by atoms with E-state index in [-0.39, 0.29) is 57.1 Å². The third-order valence-electron chi connectivity index (χ3n) is 3.77. The van der Waals surface area contributed by atoms with Crippen LogP contribution >= 0.6 is 0 Å². The average molecular weight is 361 g/mol. The number of carbonyl (C=O) groups is 1. The van der Waals surface area contributed by atoms with Gasteiger partial charge in [-0.25, -0.2) is 0 Å². The molecule has 0 fully saturated rings. The van der Waals surface area contributed by atoms with Crippen LogP contribution in [0.3, 0.4) is 0 Å². The van der Waals surface area contributed by atoms with E-state index in [1.165, 1.54) is 57.8 Å². The average Bonchev–Trinajstić information content (AvgIpc) is 2.50. The number of benzene rings is 1. The first-order valence-electron chi connectivity index (χ1n) is 9.02. The molecule has 0 radical (unpaired) electrons. The largest absolute Gasteiger partial charge is 1.00 e. The molecule has 0 heterocycles. The molecule has 0 aromatic heterocycles. The van der Waals surface area contributed by atoms with Gasteiger partial charge < -0.3 is 10.2 Å². The van der Waals surface area contributed by atoms with Gasteiger partial charge in [0.1, 0.15) is 0 Å². The molecule has 0 aliphatic carbocycles. The molecule has 0 aliphatic rings. The quantitative estimate of drug-likeness (QED) is 0.487. The Bertz CT molecular complexity index is 404. The molecule has 0 atom stereocenters. The molecule has 0 spiro atoms. The minimum absolute atomic E-state index is 0. The topological polar surface area (TPSA) is 60.4 Å². The van der Waals surface area contributed by atoms with Gasteiger partial charge in [0.2, 0.25) is 0 Å². The van der Waals surface area contributed by atoms with Crippen LogP contribution in [0.4, 0.5) is 0 Å². The zero-order valence-corrected chi connectivity index (χ0v) is 19.0. The van der Waals surface area contributed by atoms with Crippen LogP contribution in [0.2, 0.25) is 0 Å². The molecule has 0 saturated heterocycles. The van der Waals surface area contributed by atoms with Crippen LogP contribution in [-0.4, -0.2) is 11.1 Å². The molecule has 0 saturated carbocycles. The monoisotopic (exact) mass is 360 g/mol. The van der Waals surface area contributed by atoms with Crippen molar-refractivity contribution in [2.75, 3.05) is 0 Å². The van der Waals surface area contributed by atoms with Crippen molar-refractivity contribution >= 4 is 5.97 Å². The molecule has 0 aliphatic heterocycles. The van der Waals surface area contributed by atoms with Crippen molar-refractivity contribution < 1.29 is 66.4 Å². The van der Waals surface area contributed by atoms with Crippen LogP contribution in [0, 0.1) is 0 Å². The van der Waals surface area contributed by atoms with Gasteiger partial charge in [-0.05, 0) is 12.8 Å². The van der Waals surface area contributed by atoms with Gasteiger partial charge in [-0.2, -0.15) is 0 Å². The number of carboxylic acid groups (broad SMARTS) is 1. The van der Waals surface area contributed by atoms with Gasteiger partial charge in [-0.15, -0.1) is 5.75 Å². The molecule has 1 N–H and O–H groups in total. The fourth-order valence-electron chi connectivity index (χ4n) is 2.51. The fourth-order valence-corrected chi connectivity index (χ4v) is 2.51. The van der Waals surface area contributed by atoms with E-state index in [4.69, 9.17) is 9.90 Å². The van der Waals surface area contributed by atoms with E-state index in [9.17, 15) is 5.11 Å². The number of aliphatic carboxylic acids is 1. The van der Waals surface area contributed by atoms with Crippen molar-refractivity contribution in [3.63, 3.8) is 0 Å². The summed E-state index contributed by atoms with van der Waals surface area (Å²) in [5, 5.41) is 18.9. The predicted octanol–water partition coefficient (Wildman–Crippen LogP) is 2.32. The van der Waals surface area contributed by atoms with E-state index in [1.807, 2.05) is 18.2 Å². The molecule has 3 nitrogen and oxygen atoms in total. The number of rotatable bonds is 11. The van der Waals surface area contributed by atoms with Gasteiger partial charge in [0.25, 0.3) is 5.97 Å². The summed E-state index contributed by atoms with van der Waals surface area (Å²) >= 11 is 0. The van der Waals surface area contributed by atoms with Crippen LogP contribution in [-0.2, 0) is 11.2 Å². The molecule has 0 unspecified atom stereocenters. The molecule has 4 heteroatoms. The van der Waals surface area contributed by atoms with E-state index >= 15 is 0 Å². The van der Waals surface area contributed by atoms with Crippen molar-refractivity contribution in [2.24, 2.45) is 0 Å². The molecule has 24 heavy (non-hydrogen) atoms. The molecule has 1 aromatic rings. The first-order valence-corrected chi connectivity index (χ1v) is 9.02. The van der Waals surface area contributed by atoms with E-state index < -0.39 is 5.97 Å².